The van der Waals surface area contributed by atoms with Gasteiger partial charge in [0.1, 0.15) is 0 Å². The molecule has 1 heterocycles. The predicted octanol–water partition coefficient (Wildman–Crippen LogP) is 1.33. The van der Waals surface area contributed by atoms with Gasteiger partial charge in [-0.15, -0.1) is 0 Å². The van der Waals surface area contributed by atoms with Crippen LogP contribution in [0.25, 0.3) is 0 Å². The molecule has 0 spiro atoms. The third-order valence-corrected chi connectivity index (χ3v) is 2.07. The van der Waals surface area contributed by atoms with E-state index in [-0.39, 0.29) is 12.5 Å². The zero-order valence-electron chi connectivity index (χ0n) is 8.48. The molecule has 1 unspecified atom stereocenters. The zero-order chi connectivity index (χ0) is 11.1. The van der Waals surface area contributed by atoms with Crippen molar-refractivity contribution in [2.75, 3.05) is 32.9 Å². The molecule has 0 aromatic heterocycles. The number of ether oxygens (including phenoxy) is 2. The summed E-state index contributed by atoms with van der Waals surface area (Å²) in [4.78, 5) is 0. The highest BCUT2D eigenvalue weighted by Crippen LogP contribution is 2.20. The molecule has 1 N–H and O–H groups in total. The van der Waals surface area contributed by atoms with Crippen molar-refractivity contribution >= 4 is 0 Å². The largest absolute Gasteiger partial charge is 0.389 e. The lowest BCUT2D eigenvalue weighted by Crippen LogP contribution is -2.37. The summed E-state index contributed by atoms with van der Waals surface area (Å²) in [7, 11) is 0. The summed E-state index contributed by atoms with van der Waals surface area (Å²) in [5, 5.41) is 2.92. The van der Waals surface area contributed by atoms with E-state index in [1.807, 2.05) is 0 Å². The molecular formula is C9H16F3NO2. The van der Waals surface area contributed by atoms with Crippen LogP contribution in [-0.2, 0) is 9.47 Å². The van der Waals surface area contributed by atoms with Gasteiger partial charge in [-0.2, -0.15) is 13.2 Å². The lowest BCUT2D eigenvalue weighted by molar-refractivity contribution is -0.135. The summed E-state index contributed by atoms with van der Waals surface area (Å²) in [6.45, 7) is 2.60. The SMILES string of the molecule is FC(F)(F)CCCNCC1COCCO1. The van der Waals surface area contributed by atoms with Gasteiger partial charge in [0.05, 0.1) is 25.9 Å². The van der Waals surface area contributed by atoms with E-state index in [0.29, 0.717) is 32.9 Å². The fourth-order valence-corrected chi connectivity index (χ4v) is 1.33. The second-order valence-electron chi connectivity index (χ2n) is 3.49. The maximum Gasteiger partial charge on any atom is 0.389 e. The Morgan fingerprint density at radius 2 is 2.07 bits per heavy atom. The minimum Gasteiger partial charge on any atom is -0.376 e. The third-order valence-electron chi connectivity index (χ3n) is 2.07. The molecule has 1 aliphatic heterocycles. The maximum absolute atomic E-state index is 11.8. The first-order valence-corrected chi connectivity index (χ1v) is 5.05. The molecule has 1 saturated heterocycles. The molecule has 6 heteroatoms. The molecular weight excluding hydrogens is 211 g/mol. The fraction of sp³-hybridized carbons (Fsp3) is 1.00. The van der Waals surface area contributed by atoms with Crippen LogP contribution in [0.1, 0.15) is 12.8 Å². The number of hydrogen-bond acceptors (Lipinski definition) is 3. The number of alkyl halides is 3. The van der Waals surface area contributed by atoms with E-state index in [0.717, 1.165) is 0 Å². The van der Waals surface area contributed by atoms with Crippen LogP contribution in [0.5, 0.6) is 0 Å². The standard InChI is InChI=1S/C9H16F3NO2/c10-9(11,12)2-1-3-13-6-8-7-14-4-5-15-8/h8,13H,1-7H2. The van der Waals surface area contributed by atoms with Crippen LogP contribution in [0.4, 0.5) is 13.2 Å². The van der Waals surface area contributed by atoms with Gasteiger partial charge in [0, 0.05) is 13.0 Å². The van der Waals surface area contributed by atoms with E-state index in [1.165, 1.54) is 0 Å². The van der Waals surface area contributed by atoms with Gasteiger partial charge in [0.15, 0.2) is 0 Å². The number of hydrogen-bond donors (Lipinski definition) is 1. The maximum atomic E-state index is 11.8. The van der Waals surface area contributed by atoms with Crippen molar-refractivity contribution < 1.29 is 22.6 Å². The quantitative estimate of drug-likeness (QED) is 0.719. The van der Waals surface area contributed by atoms with Crippen LogP contribution in [-0.4, -0.2) is 45.2 Å². The highest BCUT2D eigenvalue weighted by atomic mass is 19.4. The summed E-state index contributed by atoms with van der Waals surface area (Å²) in [5.41, 5.74) is 0. The van der Waals surface area contributed by atoms with E-state index < -0.39 is 12.6 Å². The first kappa shape index (κ1) is 12.7. The molecule has 1 atom stereocenters. The minimum absolute atomic E-state index is 0.0235. The zero-order valence-corrected chi connectivity index (χ0v) is 8.48. The van der Waals surface area contributed by atoms with Gasteiger partial charge in [-0.3, -0.25) is 0 Å². The topological polar surface area (TPSA) is 30.5 Å². The van der Waals surface area contributed by atoms with Gasteiger partial charge in [-0.05, 0) is 13.0 Å². The minimum atomic E-state index is -4.05. The molecule has 1 rings (SSSR count). The van der Waals surface area contributed by atoms with Crippen LogP contribution >= 0.6 is 0 Å². The van der Waals surface area contributed by atoms with Crippen molar-refractivity contribution in [3.63, 3.8) is 0 Å². The van der Waals surface area contributed by atoms with Crippen LogP contribution in [0.3, 0.4) is 0 Å². The second-order valence-corrected chi connectivity index (χ2v) is 3.49. The van der Waals surface area contributed by atoms with E-state index in [2.05, 4.69) is 5.32 Å². The fourth-order valence-electron chi connectivity index (χ4n) is 1.33. The van der Waals surface area contributed by atoms with Crippen molar-refractivity contribution in [1.29, 1.82) is 0 Å². The second kappa shape index (κ2) is 6.30. The predicted molar refractivity (Wildman–Crippen MR) is 48.7 cm³/mol. The molecule has 0 bridgehead atoms. The van der Waals surface area contributed by atoms with Crippen LogP contribution < -0.4 is 5.32 Å². The molecule has 90 valence electrons. The summed E-state index contributed by atoms with van der Waals surface area (Å²) in [6.07, 6.45) is -4.70. The highest BCUT2D eigenvalue weighted by molar-refractivity contribution is 4.64. The molecule has 0 aromatic carbocycles. The monoisotopic (exact) mass is 227 g/mol. The van der Waals surface area contributed by atoms with Crippen LogP contribution in [0.15, 0.2) is 0 Å². The highest BCUT2D eigenvalue weighted by Gasteiger charge is 2.25. The van der Waals surface area contributed by atoms with Crippen molar-refractivity contribution in [2.24, 2.45) is 0 Å². The Kier molecular flexibility index (Phi) is 5.35. The van der Waals surface area contributed by atoms with Crippen molar-refractivity contribution in [3.8, 4) is 0 Å². The molecule has 1 aliphatic rings. The van der Waals surface area contributed by atoms with Gasteiger partial charge < -0.3 is 14.8 Å². The Labute approximate surface area is 86.9 Å². The molecule has 0 amide bonds. The first-order chi connectivity index (χ1) is 7.08. The van der Waals surface area contributed by atoms with Crippen molar-refractivity contribution in [2.45, 2.75) is 25.1 Å². The summed E-state index contributed by atoms with van der Waals surface area (Å²) in [6, 6.07) is 0. The van der Waals surface area contributed by atoms with Gasteiger partial charge >= 0.3 is 6.18 Å². The number of halogens is 3. The van der Waals surface area contributed by atoms with Gasteiger partial charge in [-0.1, -0.05) is 0 Å². The Morgan fingerprint density at radius 1 is 1.27 bits per heavy atom. The van der Waals surface area contributed by atoms with E-state index >= 15 is 0 Å². The lowest BCUT2D eigenvalue weighted by Gasteiger charge is -2.23. The summed E-state index contributed by atoms with van der Waals surface area (Å²) < 4.78 is 45.8. The average molecular weight is 227 g/mol. The molecule has 0 aromatic rings. The van der Waals surface area contributed by atoms with Gasteiger partial charge in [-0.25, -0.2) is 0 Å². The molecule has 1 fully saturated rings. The van der Waals surface area contributed by atoms with Gasteiger partial charge in [0.25, 0.3) is 0 Å². The molecule has 3 nitrogen and oxygen atoms in total. The Balaban J connectivity index is 1.92. The summed E-state index contributed by atoms with van der Waals surface area (Å²) in [5.74, 6) is 0. The van der Waals surface area contributed by atoms with Crippen LogP contribution in [0, 0.1) is 0 Å². The molecule has 0 saturated carbocycles. The Hall–Kier alpha value is -0.330. The van der Waals surface area contributed by atoms with Crippen molar-refractivity contribution in [3.05, 3.63) is 0 Å². The number of nitrogens with one attached hydrogen (secondary N) is 1. The molecule has 0 radical (unpaired) electrons. The number of rotatable bonds is 5. The van der Waals surface area contributed by atoms with Crippen LogP contribution in [0.2, 0.25) is 0 Å². The Bertz CT molecular complexity index is 169. The van der Waals surface area contributed by atoms with E-state index in [9.17, 15) is 13.2 Å². The first-order valence-electron chi connectivity index (χ1n) is 5.05. The van der Waals surface area contributed by atoms with Gasteiger partial charge in [0.2, 0.25) is 0 Å². The normalized spacial score (nSPS) is 23.0. The van der Waals surface area contributed by atoms with E-state index in [1.54, 1.807) is 0 Å². The average Bonchev–Trinajstić information content (AvgIpc) is 2.17. The smallest absolute Gasteiger partial charge is 0.376 e. The van der Waals surface area contributed by atoms with E-state index in [4.69, 9.17) is 9.47 Å². The third kappa shape index (κ3) is 6.70. The molecule has 15 heavy (non-hydrogen) atoms. The summed E-state index contributed by atoms with van der Waals surface area (Å²) >= 11 is 0. The van der Waals surface area contributed by atoms with Crippen molar-refractivity contribution in [1.82, 2.24) is 5.32 Å². The molecule has 0 aliphatic carbocycles. The Morgan fingerprint density at radius 3 is 2.67 bits per heavy atom. The lowest BCUT2D eigenvalue weighted by atomic mass is 10.3.